The molecule has 1 aliphatic heterocycles. The summed E-state index contributed by atoms with van der Waals surface area (Å²) in [7, 11) is -3.40. The van der Waals surface area contributed by atoms with E-state index in [4.69, 9.17) is 15.2 Å². The van der Waals surface area contributed by atoms with Crippen LogP contribution in [0.2, 0.25) is 0 Å². The summed E-state index contributed by atoms with van der Waals surface area (Å²) < 4.78 is 37.0. The van der Waals surface area contributed by atoms with Crippen molar-refractivity contribution < 1.29 is 17.9 Å². The molecule has 0 unspecified atom stereocenters. The first kappa shape index (κ1) is 20.4. The van der Waals surface area contributed by atoms with Crippen molar-refractivity contribution in [2.45, 2.75) is 39.3 Å². The number of ether oxygens (including phenoxy) is 2. The molecule has 0 saturated carbocycles. The Balaban J connectivity index is 1.82. The van der Waals surface area contributed by atoms with Crippen molar-refractivity contribution in [3.63, 3.8) is 0 Å². The van der Waals surface area contributed by atoms with Gasteiger partial charge in [0.15, 0.2) is 0 Å². The van der Waals surface area contributed by atoms with E-state index in [0.29, 0.717) is 24.9 Å². The molecule has 0 radical (unpaired) electrons. The van der Waals surface area contributed by atoms with E-state index in [1.165, 1.54) is 6.20 Å². The Morgan fingerprint density at radius 2 is 2.07 bits per heavy atom. The van der Waals surface area contributed by atoms with Crippen molar-refractivity contribution in [2.24, 2.45) is 11.7 Å². The number of hydrogen-bond donors (Lipinski definition) is 2. The number of pyridine rings is 1. The minimum Gasteiger partial charge on any atom is -0.492 e. The summed E-state index contributed by atoms with van der Waals surface area (Å²) in [6, 6.07) is 7.46. The average molecular weight is 406 g/mol. The normalized spacial score (nSPS) is 15.2. The molecule has 0 saturated heterocycles. The van der Waals surface area contributed by atoms with Crippen molar-refractivity contribution in [3.8, 4) is 22.6 Å². The summed E-state index contributed by atoms with van der Waals surface area (Å²) in [5, 5.41) is 0. The minimum atomic E-state index is -3.40. The van der Waals surface area contributed by atoms with Crippen LogP contribution in [0.25, 0.3) is 11.1 Å². The van der Waals surface area contributed by atoms with E-state index in [1.807, 2.05) is 25.1 Å². The van der Waals surface area contributed by atoms with Crippen LogP contribution in [0.4, 0.5) is 5.82 Å². The van der Waals surface area contributed by atoms with E-state index in [2.05, 4.69) is 23.6 Å². The highest BCUT2D eigenvalue weighted by Gasteiger charge is 2.23. The fraction of sp³-hybridized carbons (Fsp3) is 0.450. The molecule has 0 fully saturated rings. The van der Waals surface area contributed by atoms with Gasteiger partial charge in [-0.3, -0.25) is 4.72 Å². The lowest BCUT2D eigenvalue weighted by atomic mass is 9.93. The van der Waals surface area contributed by atoms with Gasteiger partial charge in [-0.1, -0.05) is 19.9 Å². The fourth-order valence-electron chi connectivity index (χ4n) is 3.45. The topological polar surface area (TPSA) is 104 Å². The highest BCUT2D eigenvalue weighted by Crippen LogP contribution is 2.39. The van der Waals surface area contributed by atoms with Gasteiger partial charge in [0.1, 0.15) is 30.5 Å². The Morgan fingerprint density at radius 3 is 2.75 bits per heavy atom. The number of fused-ring (bicyclic) bond motifs is 3. The van der Waals surface area contributed by atoms with Gasteiger partial charge in [0.2, 0.25) is 10.0 Å². The zero-order chi connectivity index (χ0) is 20.5. The van der Waals surface area contributed by atoms with Crippen LogP contribution in [-0.4, -0.2) is 31.8 Å². The molecule has 3 N–H and O–H groups in total. The molecule has 0 amide bonds. The second-order valence-corrected chi connectivity index (χ2v) is 9.84. The van der Waals surface area contributed by atoms with Gasteiger partial charge in [-0.05, 0) is 43.0 Å². The van der Waals surface area contributed by atoms with Gasteiger partial charge in [0.25, 0.3) is 0 Å². The number of nitrogens with zero attached hydrogens (tertiary/aromatic N) is 1. The summed E-state index contributed by atoms with van der Waals surface area (Å²) in [5.41, 5.74) is 8.64. The van der Waals surface area contributed by atoms with Gasteiger partial charge < -0.3 is 15.2 Å². The first-order chi connectivity index (χ1) is 13.0. The second-order valence-electron chi connectivity index (χ2n) is 8.09. The summed E-state index contributed by atoms with van der Waals surface area (Å²) in [6.45, 7) is 7.09. The molecule has 1 aromatic carbocycles. The zero-order valence-corrected chi connectivity index (χ0v) is 17.5. The van der Waals surface area contributed by atoms with Gasteiger partial charge in [-0.15, -0.1) is 0 Å². The van der Waals surface area contributed by atoms with Crippen LogP contribution in [0, 0.1) is 5.92 Å². The van der Waals surface area contributed by atoms with Crippen LogP contribution in [-0.2, 0) is 16.6 Å². The van der Waals surface area contributed by atoms with Crippen LogP contribution >= 0.6 is 0 Å². The predicted molar refractivity (Wildman–Crippen MR) is 110 cm³/mol. The highest BCUT2D eigenvalue weighted by molar-refractivity contribution is 7.92. The maximum absolute atomic E-state index is 11.5. The maximum atomic E-state index is 11.5. The van der Waals surface area contributed by atoms with Gasteiger partial charge in [0.05, 0.1) is 12.5 Å². The van der Waals surface area contributed by atoms with Gasteiger partial charge in [-0.25, -0.2) is 13.4 Å². The average Bonchev–Trinajstić information content (AvgIpc) is 2.57. The number of sulfonamides is 1. The molecule has 28 heavy (non-hydrogen) atoms. The number of nitrogens with one attached hydrogen (secondary N) is 1. The molecule has 0 bridgehead atoms. The Labute approximate surface area is 166 Å². The second kappa shape index (κ2) is 7.60. The van der Waals surface area contributed by atoms with Crippen LogP contribution in [0.5, 0.6) is 11.5 Å². The molecule has 0 aliphatic carbocycles. The van der Waals surface area contributed by atoms with Crippen LogP contribution < -0.4 is 19.9 Å². The summed E-state index contributed by atoms with van der Waals surface area (Å²) >= 11 is 0. The quantitative estimate of drug-likeness (QED) is 0.733. The zero-order valence-electron chi connectivity index (χ0n) is 16.7. The lowest BCUT2D eigenvalue weighted by Gasteiger charge is -2.27. The van der Waals surface area contributed by atoms with E-state index < -0.39 is 15.6 Å². The molecule has 1 atom stereocenters. The maximum Gasteiger partial charge on any atom is 0.230 e. The van der Waals surface area contributed by atoms with Gasteiger partial charge in [-0.2, -0.15) is 0 Å². The van der Waals surface area contributed by atoms with Crippen molar-refractivity contribution in [1.29, 1.82) is 0 Å². The SMILES string of the molecule is CC(C)C[C@](C)(N)COc1ccc2c(c1)COc1cnc(NS(C)(=O)=O)cc1-2. The fourth-order valence-corrected chi connectivity index (χ4v) is 3.94. The number of anilines is 1. The standard InChI is InChI=1S/C20H27N3O4S/c1-13(2)9-20(3,21)12-27-15-5-6-16-14(7-15)11-26-18-10-22-19(8-17(16)18)23-28(4,24)25/h5-8,10,13H,9,11-12,21H2,1-4H3,(H,22,23)/t20-/m0/s1. The molecule has 2 heterocycles. The molecule has 2 aromatic rings. The van der Waals surface area contributed by atoms with E-state index in [1.54, 1.807) is 6.07 Å². The number of nitrogens with two attached hydrogens (primary N) is 1. The van der Waals surface area contributed by atoms with E-state index in [9.17, 15) is 8.42 Å². The molecule has 8 heteroatoms. The van der Waals surface area contributed by atoms with E-state index >= 15 is 0 Å². The minimum absolute atomic E-state index is 0.255. The molecular formula is C20H27N3O4S. The molecule has 3 rings (SSSR count). The lowest BCUT2D eigenvalue weighted by molar-refractivity contribution is 0.206. The Kier molecular flexibility index (Phi) is 5.54. The lowest BCUT2D eigenvalue weighted by Crippen LogP contribution is -2.43. The van der Waals surface area contributed by atoms with Crippen LogP contribution in [0.1, 0.15) is 32.8 Å². The van der Waals surface area contributed by atoms with Crippen LogP contribution in [0.3, 0.4) is 0 Å². The summed E-state index contributed by atoms with van der Waals surface area (Å²) in [6.07, 6.45) is 3.49. The number of rotatable bonds is 7. The molecular weight excluding hydrogens is 378 g/mol. The first-order valence-electron chi connectivity index (χ1n) is 9.18. The smallest absolute Gasteiger partial charge is 0.230 e. The summed E-state index contributed by atoms with van der Waals surface area (Å²) in [4.78, 5) is 4.09. The van der Waals surface area contributed by atoms with Crippen LogP contribution in [0.15, 0.2) is 30.5 Å². The predicted octanol–water partition coefficient (Wildman–Crippen LogP) is 3.15. The van der Waals surface area contributed by atoms with Crippen molar-refractivity contribution >= 4 is 15.8 Å². The first-order valence-corrected chi connectivity index (χ1v) is 11.1. The monoisotopic (exact) mass is 405 g/mol. The third-order valence-electron chi connectivity index (χ3n) is 4.35. The van der Waals surface area contributed by atoms with Crippen molar-refractivity contribution in [3.05, 3.63) is 36.0 Å². The number of hydrogen-bond acceptors (Lipinski definition) is 6. The molecule has 1 aromatic heterocycles. The Bertz CT molecular complexity index is 971. The molecule has 1 aliphatic rings. The number of benzene rings is 1. The number of aromatic nitrogens is 1. The molecule has 0 spiro atoms. The highest BCUT2D eigenvalue weighted by atomic mass is 32.2. The van der Waals surface area contributed by atoms with E-state index in [0.717, 1.165) is 35.1 Å². The molecule has 152 valence electrons. The van der Waals surface area contributed by atoms with Crippen molar-refractivity contribution in [2.75, 3.05) is 17.6 Å². The Hall–Kier alpha value is -2.32. The largest absolute Gasteiger partial charge is 0.492 e. The van der Waals surface area contributed by atoms with Gasteiger partial charge in [0, 0.05) is 16.7 Å². The van der Waals surface area contributed by atoms with Crippen molar-refractivity contribution in [1.82, 2.24) is 4.98 Å². The summed E-state index contributed by atoms with van der Waals surface area (Å²) in [5.74, 6) is 2.10. The Morgan fingerprint density at radius 1 is 1.32 bits per heavy atom. The molecule has 7 nitrogen and oxygen atoms in total. The third-order valence-corrected chi connectivity index (χ3v) is 4.93. The van der Waals surface area contributed by atoms with E-state index in [-0.39, 0.29) is 5.82 Å². The van der Waals surface area contributed by atoms with Gasteiger partial charge >= 0.3 is 0 Å². The third kappa shape index (κ3) is 5.14.